The van der Waals surface area contributed by atoms with Crippen LogP contribution in [0.3, 0.4) is 0 Å². The van der Waals surface area contributed by atoms with E-state index in [9.17, 15) is 4.39 Å². The Morgan fingerprint density at radius 2 is 2.05 bits per heavy atom. The van der Waals surface area contributed by atoms with Gasteiger partial charge in [0.15, 0.2) is 0 Å². The fraction of sp³-hybridized carbons (Fsp3) is 0.294. The van der Waals surface area contributed by atoms with Gasteiger partial charge in [0, 0.05) is 14.6 Å². The van der Waals surface area contributed by atoms with Crippen LogP contribution in [0.1, 0.15) is 30.5 Å². The molecule has 0 spiro atoms. The van der Waals surface area contributed by atoms with E-state index in [0.29, 0.717) is 17.0 Å². The first-order valence-corrected chi connectivity index (χ1v) is 8.48. The van der Waals surface area contributed by atoms with Crippen LogP contribution in [-0.4, -0.2) is 6.54 Å². The molecule has 0 bridgehead atoms. The van der Waals surface area contributed by atoms with E-state index in [1.165, 1.54) is 15.2 Å². The Labute approximate surface area is 144 Å². The number of hydrogen-bond donors (Lipinski definition) is 1. The molecule has 0 saturated carbocycles. The predicted octanol–water partition coefficient (Wildman–Crippen LogP) is 5.37. The molecule has 1 N–H and O–H groups in total. The zero-order chi connectivity index (χ0) is 15.2. The minimum Gasteiger partial charge on any atom is -0.310 e. The van der Waals surface area contributed by atoms with Crippen molar-refractivity contribution in [2.24, 2.45) is 0 Å². The maximum Gasteiger partial charge on any atom is 0.126 e. The van der Waals surface area contributed by atoms with Gasteiger partial charge < -0.3 is 5.32 Å². The summed E-state index contributed by atoms with van der Waals surface area (Å²) in [6.07, 6.45) is 1.63. The molecule has 4 heteroatoms. The van der Waals surface area contributed by atoms with E-state index in [4.69, 9.17) is 11.6 Å². The quantitative estimate of drug-likeness (QED) is 0.623. The fourth-order valence-electron chi connectivity index (χ4n) is 2.27. The first-order chi connectivity index (χ1) is 10.1. The van der Waals surface area contributed by atoms with Crippen molar-refractivity contribution in [2.45, 2.75) is 25.8 Å². The fourth-order valence-corrected chi connectivity index (χ4v) is 3.03. The van der Waals surface area contributed by atoms with Gasteiger partial charge in [-0.15, -0.1) is 0 Å². The van der Waals surface area contributed by atoms with Gasteiger partial charge in [-0.2, -0.15) is 0 Å². The first-order valence-electron chi connectivity index (χ1n) is 7.03. The summed E-state index contributed by atoms with van der Waals surface area (Å²) in [6, 6.07) is 13.1. The Balaban J connectivity index is 2.25. The first kappa shape index (κ1) is 16.7. The molecule has 0 saturated heterocycles. The molecule has 112 valence electrons. The highest BCUT2D eigenvalue weighted by Gasteiger charge is 2.14. The number of benzene rings is 2. The number of halogens is 3. The van der Waals surface area contributed by atoms with E-state index in [0.717, 1.165) is 13.0 Å². The molecule has 2 aromatic carbocycles. The van der Waals surface area contributed by atoms with Crippen LogP contribution in [-0.2, 0) is 6.42 Å². The Hall–Kier alpha value is -0.650. The standard InChI is InChI=1S/C17H18ClFIN/c1-2-8-21-17(12-4-3-5-15(20)10-12)11-13-9-14(18)6-7-16(13)19/h3-7,9-10,17,21H,2,8,11H2,1H3. The highest BCUT2D eigenvalue weighted by molar-refractivity contribution is 14.1. The van der Waals surface area contributed by atoms with Crippen LogP contribution in [0.4, 0.5) is 4.39 Å². The smallest absolute Gasteiger partial charge is 0.126 e. The zero-order valence-corrected chi connectivity index (χ0v) is 14.8. The van der Waals surface area contributed by atoms with Gasteiger partial charge in [-0.05, 0) is 83.4 Å². The van der Waals surface area contributed by atoms with Gasteiger partial charge in [-0.3, -0.25) is 0 Å². The highest BCUT2D eigenvalue weighted by atomic mass is 127. The molecule has 0 aliphatic carbocycles. The molecule has 1 atom stereocenters. The third kappa shape index (κ3) is 4.94. The third-order valence-electron chi connectivity index (χ3n) is 3.32. The van der Waals surface area contributed by atoms with Gasteiger partial charge >= 0.3 is 0 Å². The summed E-state index contributed by atoms with van der Waals surface area (Å²) < 4.78 is 15.1. The number of hydrogen-bond acceptors (Lipinski definition) is 1. The maximum absolute atomic E-state index is 14.0. The summed E-state index contributed by atoms with van der Waals surface area (Å²) >= 11 is 8.28. The molecule has 2 rings (SSSR count). The second kappa shape index (κ2) is 8.11. The molecule has 0 fully saturated rings. The van der Waals surface area contributed by atoms with Crippen LogP contribution in [0.5, 0.6) is 0 Å². The van der Waals surface area contributed by atoms with Gasteiger partial charge in [0.25, 0.3) is 0 Å². The second-order valence-corrected chi connectivity index (χ2v) is 6.68. The monoisotopic (exact) mass is 417 g/mol. The lowest BCUT2D eigenvalue weighted by Crippen LogP contribution is -2.24. The molecule has 2 aromatic rings. The van der Waals surface area contributed by atoms with Crippen molar-refractivity contribution >= 4 is 34.2 Å². The Kier molecular flexibility index (Phi) is 6.45. The summed E-state index contributed by atoms with van der Waals surface area (Å²) in [6.45, 7) is 3.02. The van der Waals surface area contributed by atoms with E-state index < -0.39 is 0 Å². The summed E-state index contributed by atoms with van der Waals surface area (Å²) in [7, 11) is 0. The number of nitrogens with one attached hydrogen (secondary N) is 1. The molecule has 1 nitrogen and oxygen atoms in total. The normalized spacial score (nSPS) is 12.4. The molecule has 0 radical (unpaired) electrons. The molecular formula is C17H18ClFIN. The Morgan fingerprint density at radius 3 is 2.76 bits per heavy atom. The van der Waals surface area contributed by atoms with Crippen LogP contribution < -0.4 is 5.32 Å². The molecule has 0 heterocycles. The molecular weight excluding hydrogens is 400 g/mol. The Morgan fingerprint density at radius 1 is 1.24 bits per heavy atom. The van der Waals surface area contributed by atoms with E-state index >= 15 is 0 Å². The van der Waals surface area contributed by atoms with Gasteiger partial charge in [0.2, 0.25) is 0 Å². The van der Waals surface area contributed by atoms with Crippen molar-refractivity contribution in [1.82, 2.24) is 5.32 Å². The van der Waals surface area contributed by atoms with Gasteiger partial charge in [-0.1, -0.05) is 30.7 Å². The van der Waals surface area contributed by atoms with Crippen molar-refractivity contribution < 1.29 is 4.39 Å². The Bertz CT molecular complexity index is 603. The lowest BCUT2D eigenvalue weighted by atomic mass is 9.98. The average molecular weight is 418 g/mol. The van der Waals surface area contributed by atoms with Crippen molar-refractivity contribution in [3.8, 4) is 0 Å². The van der Waals surface area contributed by atoms with E-state index in [2.05, 4.69) is 53.0 Å². The van der Waals surface area contributed by atoms with Crippen LogP contribution in [0, 0.1) is 9.39 Å². The summed E-state index contributed by atoms with van der Waals surface area (Å²) in [5.74, 6) is -0.201. The van der Waals surface area contributed by atoms with Crippen LogP contribution in [0.2, 0.25) is 5.02 Å². The van der Waals surface area contributed by atoms with E-state index in [1.807, 2.05) is 6.07 Å². The second-order valence-electron chi connectivity index (χ2n) is 5.00. The zero-order valence-electron chi connectivity index (χ0n) is 11.9. The summed E-state index contributed by atoms with van der Waals surface area (Å²) in [5.41, 5.74) is 1.82. The largest absolute Gasteiger partial charge is 0.310 e. The lowest BCUT2D eigenvalue weighted by Gasteiger charge is -2.20. The SMILES string of the molecule is CCCNC(Cc1cc(Cl)ccc1F)c1cccc(I)c1. The molecule has 0 aromatic heterocycles. The van der Waals surface area contributed by atoms with Crippen LogP contribution in [0.15, 0.2) is 42.5 Å². The van der Waals surface area contributed by atoms with Crippen molar-refractivity contribution in [1.29, 1.82) is 0 Å². The lowest BCUT2D eigenvalue weighted by molar-refractivity contribution is 0.513. The summed E-state index contributed by atoms with van der Waals surface area (Å²) in [4.78, 5) is 0. The highest BCUT2D eigenvalue weighted by Crippen LogP contribution is 2.24. The van der Waals surface area contributed by atoms with Gasteiger partial charge in [0.05, 0.1) is 0 Å². The third-order valence-corrected chi connectivity index (χ3v) is 4.23. The minimum atomic E-state index is -0.201. The summed E-state index contributed by atoms with van der Waals surface area (Å²) in [5, 5.41) is 4.07. The van der Waals surface area contributed by atoms with Crippen molar-refractivity contribution in [3.63, 3.8) is 0 Å². The van der Waals surface area contributed by atoms with Gasteiger partial charge in [-0.25, -0.2) is 4.39 Å². The van der Waals surface area contributed by atoms with E-state index in [-0.39, 0.29) is 11.9 Å². The van der Waals surface area contributed by atoms with Crippen molar-refractivity contribution in [2.75, 3.05) is 6.54 Å². The predicted molar refractivity (Wildman–Crippen MR) is 95.3 cm³/mol. The minimum absolute atomic E-state index is 0.0904. The molecule has 0 aliphatic rings. The molecule has 21 heavy (non-hydrogen) atoms. The van der Waals surface area contributed by atoms with Gasteiger partial charge in [0.1, 0.15) is 5.82 Å². The maximum atomic E-state index is 14.0. The molecule has 0 amide bonds. The van der Waals surface area contributed by atoms with Crippen LogP contribution in [0.25, 0.3) is 0 Å². The topological polar surface area (TPSA) is 12.0 Å². The average Bonchev–Trinajstić information content (AvgIpc) is 2.47. The van der Waals surface area contributed by atoms with Crippen LogP contribution >= 0.6 is 34.2 Å². The van der Waals surface area contributed by atoms with E-state index in [1.54, 1.807) is 12.1 Å². The number of rotatable bonds is 6. The van der Waals surface area contributed by atoms with Crippen molar-refractivity contribution in [3.05, 3.63) is 68.0 Å². The molecule has 1 unspecified atom stereocenters. The molecule has 0 aliphatic heterocycles.